The number of carboxylic acid groups (broad SMARTS) is 1. The summed E-state index contributed by atoms with van der Waals surface area (Å²) >= 11 is 0. The van der Waals surface area contributed by atoms with Gasteiger partial charge in [0.15, 0.2) is 0 Å². The topological polar surface area (TPSA) is 79.7 Å². The van der Waals surface area contributed by atoms with E-state index in [1.807, 2.05) is 38.1 Å². The molecule has 6 heteroatoms. The minimum Gasteiger partial charge on any atom is -0.488 e. The van der Waals surface area contributed by atoms with Crippen molar-refractivity contribution in [3.8, 4) is 5.75 Å². The fraction of sp³-hybridized carbons (Fsp3) is 0.409. The number of pyridine rings is 1. The molecule has 148 valence electrons. The van der Waals surface area contributed by atoms with Crippen molar-refractivity contribution in [2.75, 3.05) is 6.54 Å². The molecule has 0 radical (unpaired) electrons. The van der Waals surface area contributed by atoms with E-state index in [9.17, 15) is 14.7 Å². The van der Waals surface area contributed by atoms with Crippen LogP contribution in [0, 0.1) is 19.8 Å². The molecule has 2 aromatic rings. The second-order valence-electron chi connectivity index (χ2n) is 7.52. The van der Waals surface area contributed by atoms with Gasteiger partial charge in [-0.25, -0.2) is 0 Å². The number of benzene rings is 1. The lowest BCUT2D eigenvalue weighted by Gasteiger charge is -2.25. The summed E-state index contributed by atoms with van der Waals surface area (Å²) in [4.78, 5) is 30.1. The number of nitrogens with zero attached hydrogens (tertiary/aromatic N) is 2. The molecular weight excluding hydrogens is 356 g/mol. The van der Waals surface area contributed by atoms with Crippen molar-refractivity contribution in [1.29, 1.82) is 0 Å². The molecule has 1 amide bonds. The van der Waals surface area contributed by atoms with E-state index in [0.717, 1.165) is 35.3 Å². The standard InChI is InChI=1S/C22H26N2O4/c1-14-9-18(21(25)24(19-6-7-19)12-16(3)22(26)27)10-15(2)20(14)28-13-17-5-4-8-23-11-17/h4-5,8-11,16,19H,6-7,12-13H2,1-3H3,(H,26,27). The average Bonchev–Trinajstić information content (AvgIpc) is 3.50. The Hall–Kier alpha value is -2.89. The number of carboxylic acids is 1. The molecule has 1 N–H and O–H groups in total. The van der Waals surface area contributed by atoms with Crippen LogP contribution >= 0.6 is 0 Å². The first-order chi connectivity index (χ1) is 13.4. The van der Waals surface area contributed by atoms with Crippen LogP contribution in [0.15, 0.2) is 36.7 Å². The summed E-state index contributed by atoms with van der Waals surface area (Å²) in [6.45, 7) is 6.12. The fourth-order valence-electron chi connectivity index (χ4n) is 3.26. The monoisotopic (exact) mass is 382 g/mol. The normalized spacial score (nSPS) is 14.4. The van der Waals surface area contributed by atoms with Gasteiger partial charge in [0, 0.05) is 36.1 Å². The molecule has 0 saturated heterocycles. The molecule has 0 aliphatic heterocycles. The van der Waals surface area contributed by atoms with Gasteiger partial charge in [0.2, 0.25) is 0 Å². The molecule has 0 spiro atoms. The van der Waals surface area contributed by atoms with E-state index in [2.05, 4.69) is 4.98 Å². The zero-order chi connectivity index (χ0) is 20.3. The summed E-state index contributed by atoms with van der Waals surface area (Å²) in [7, 11) is 0. The summed E-state index contributed by atoms with van der Waals surface area (Å²) in [6.07, 6.45) is 5.35. The van der Waals surface area contributed by atoms with Crippen molar-refractivity contribution in [2.24, 2.45) is 5.92 Å². The van der Waals surface area contributed by atoms with Gasteiger partial charge in [-0.1, -0.05) is 13.0 Å². The molecule has 1 fully saturated rings. The van der Waals surface area contributed by atoms with Gasteiger partial charge in [-0.05, 0) is 56.0 Å². The Kier molecular flexibility index (Phi) is 5.97. The van der Waals surface area contributed by atoms with Gasteiger partial charge in [0.25, 0.3) is 5.91 Å². The Morgan fingerprint density at radius 3 is 2.50 bits per heavy atom. The van der Waals surface area contributed by atoms with Crippen LogP contribution in [0.25, 0.3) is 0 Å². The molecule has 28 heavy (non-hydrogen) atoms. The van der Waals surface area contributed by atoms with Crippen LogP contribution in [0.1, 0.15) is 46.8 Å². The van der Waals surface area contributed by atoms with Crippen LogP contribution in [-0.4, -0.2) is 39.5 Å². The van der Waals surface area contributed by atoms with Gasteiger partial charge < -0.3 is 14.7 Å². The molecule has 1 aliphatic rings. The first kappa shape index (κ1) is 19.9. The zero-order valence-corrected chi connectivity index (χ0v) is 16.5. The van der Waals surface area contributed by atoms with Gasteiger partial charge in [-0.15, -0.1) is 0 Å². The number of hydrogen-bond donors (Lipinski definition) is 1. The predicted octanol–water partition coefficient (Wildman–Crippen LogP) is 3.60. The maximum absolute atomic E-state index is 13.1. The van der Waals surface area contributed by atoms with Crippen LogP contribution in [-0.2, 0) is 11.4 Å². The van der Waals surface area contributed by atoms with E-state index in [1.165, 1.54) is 0 Å². The lowest BCUT2D eigenvalue weighted by molar-refractivity contribution is -0.141. The zero-order valence-electron chi connectivity index (χ0n) is 16.5. The highest BCUT2D eigenvalue weighted by Gasteiger charge is 2.35. The number of amides is 1. The third kappa shape index (κ3) is 4.68. The Morgan fingerprint density at radius 2 is 1.96 bits per heavy atom. The van der Waals surface area contributed by atoms with Crippen LogP contribution in [0.2, 0.25) is 0 Å². The number of aromatic nitrogens is 1. The molecule has 3 rings (SSSR count). The van der Waals surface area contributed by atoms with Crippen molar-refractivity contribution < 1.29 is 19.4 Å². The van der Waals surface area contributed by atoms with Crippen LogP contribution in [0.4, 0.5) is 0 Å². The first-order valence-electron chi connectivity index (χ1n) is 9.53. The molecule has 1 unspecified atom stereocenters. The van der Waals surface area contributed by atoms with Gasteiger partial charge in [0.05, 0.1) is 5.92 Å². The van der Waals surface area contributed by atoms with E-state index >= 15 is 0 Å². The van der Waals surface area contributed by atoms with Gasteiger partial charge in [0.1, 0.15) is 12.4 Å². The summed E-state index contributed by atoms with van der Waals surface area (Å²) in [5, 5.41) is 9.20. The highest BCUT2D eigenvalue weighted by molar-refractivity contribution is 5.95. The van der Waals surface area contributed by atoms with E-state index in [-0.39, 0.29) is 18.5 Å². The molecule has 1 aliphatic carbocycles. The lowest BCUT2D eigenvalue weighted by atomic mass is 10.0. The minimum absolute atomic E-state index is 0.111. The number of carbonyl (C=O) groups is 2. The SMILES string of the molecule is Cc1cc(C(=O)N(CC(C)C(=O)O)C2CC2)cc(C)c1OCc1cccnc1. The summed E-state index contributed by atoms with van der Waals surface area (Å²) in [6, 6.07) is 7.62. The molecule has 6 nitrogen and oxygen atoms in total. The van der Waals surface area contributed by atoms with Crippen molar-refractivity contribution in [3.63, 3.8) is 0 Å². The predicted molar refractivity (Wildman–Crippen MR) is 105 cm³/mol. The number of ether oxygens (including phenoxy) is 1. The van der Waals surface area contributed by atoms with Crippen molar-refractivity contribution in [1.82, 2.24) is 9.88 Å². The maximum atomic E-state index is 13.1. The van der Waals surface area contributed by atoms with E-state index in [1.54, 1.807) is 24.2 Å². The third-order valence-electron chi connectivity index (χ3n) is 4.95. The minimum atomic E-state index is -0.884. The molecule has 1 saturated carbocycles. The second-order valence-corrected chi connectivity index (χ2v) is 7.52. The molecule has 1 aromatic carbocycles. The number of hydrogen-bond acceptors (Lipinski definition) is 4. The highest BCUT2D eigenvalue weighted by atomic mass is 16.5. The lowest BCUT2D eigenvalue weighted by Crippen LogP contribution is -2.38. The number of aryl methyl sites for hydroxylation is 2. The van der Waals surface area contributed by atoms with Crippen LogP contribution in [0.3, 0.4) is 0 Å². The van der Waals surface area contributed by atoms with Gasteiger partial charge >= 0.3 is 5.97 Å². The first-order valence-corrected chi connectivity index (χ1v) is 9.53. The number of aliphatic carboxylic acids is 1. The smallest absolute Gasteiger partial charge is 0.308 e. The van der Waals surface area contributed by atoms with E-state index in [4.69, 9.17) is 4.74 Å². The van der Waals surface area contributed by atoms with Crippen LogP contribution in [0.5, 0.6) is 5.75 Å². The van der Waals surface area contributed by atoms with E-state index in [0.29, 0.717) is 12.2 Å². The van der Waals surface area contributed by atoms with Crippen LogP contribution < -0.4 is 4.74 Å². The highest BCUT2D eigenvalue weighted by Crippen LogP contribution is 2.31. The van der Waals surface area contributed by atoms with Gasteiger partial charge in [-0.3, -0.25) is 14.6 Å². The second kappa shape index (κ2) is 8.42. The van der Waals surface area contributed by atoms with E-state index < -0.39 is 11.9 Å². The number of carbonyl (C=O) groups excluding carboxylic acids is 1. The van der Waals surface area contributed by atoms with Crippen molar-refractivity contribution in [2.45, 2.75) is 46.3 Å². The Balaban J connectivity index is 1.76. The van der Waals surface area contributed by atoms with Crippen molar-refractivity contribution >= 4 is 11.9 Å². The third-order valence-corrected chi connectivity index (χ3v) is 4.95. The summed E-state index contributed by atoms with van der Waals surface area (Å²) < 4.78 is 5.96. The average molecular weight is 382 g/mol. The largest absolute Gasteiger partial charge is 0.488 e. The number of rotatable bonds is 8. The quantitative estimate of drug-likeness (QED) is 0.754. The van der Waals surface area contributed by atoms with Gasteiger partial charge in [-0.2, -0.15) is 0 Å². The molecule has 1 atom stereocenters. The Labute approximate surface area is 165 Å². The maximum Gasteiger partial charge on any atom is 0.308 e. The summed E-state index contributed by atoms with van der Waals surface area (Å²) in [5.41, 5.74) is 3.32. The van der Waals surface area contributed by atoms with Crippen molar-refractivity contribution in [3.05, 3.63) is 58.9 Å². The fourth-order valence-corrected chi connectivity index (χ4v) is 3.26. The molecule has 0 bridgehead atoms. The summed E-state index contributed by atoms with van der Waals surface area (Å²) in [5.74, 6) is -0.823. The Morgan fingerprint density at radius 1 is 1.29 bits per heavy atom. The molecule has 1 aromatic heterocycles. The molecule has 1 heterocycles. The Bertz CT molecular complexity index is 839. The molecular formula is C22H26N2O4.